The van der Waals surface area contributed by atoms with Crippen LogP contribution in [0.3, 0.4) is 0 Å². The van der Waals surface area contributed by atoms with Crippen molar-refractivity contribution in [2.75, 3.05) is 32.9 Å². The van der Waals surface area contributed by atoms with Crippen LogP contribution in [0.4, 0.5) is 4.39 Å². The second-order valence-electron chi connectivity index (χ2n) is 6.06. The Labute approximate surface area is 135 Å². The number of benzene rings is 1. The molecule has 2 rings (SSSR count). The minimum Gasteiger partial charge on any atom is -0.391 e. The zero-order valence-electron chi connectivity index (χ0n) is 13.4. The van der Waals surface area contributed by atoms with Crippen molar-refractivity contribution in [1.29, 1.82) is 0 Å². The van der Waals surface area contributed by atoms with Gasteiger partial charge in [-0.15, -0.1) is 0 Å². The minimum absolute atomic E-state index is 0.0723. The number of β-amino-alcohol motifs (C(OH)–C–C–N with tert-alkyl or cyclic N) is 1. The Kier molecular flexibility index (Phi) is 5.07. The summed E-state index contributed by atoms with van der Waals surface area (Å²) in [4.78, 5) is 13.8. The van der Waals surface area contributed by atoms with Gasteiger partial charge in [0.1, 0.15) is 5.82 Å². The van der Waals surface area contributed by atoms with E-state index in [4.69, 9.17) is 0 Å². The number of sulfonamides is 1. The predicted octanol–water partition coefficient (Wildman–Crippen LogP) is 0.458. The quantitative estimate of drug-likeness (QED) is 0.861. The molecule has 1 aliphatic heterocycles. The SMILES string of the molecule is Cc1cc(C(=O)N2C[C@@H](CS(=O)(=O)N(C)C)[C@@H](O)C2)ccc1F. The number of rotatable bonds is 4. The average molecular weight is 344 g/mol. The van der Waals surface area contributed by atoms with Crippen LogP contribution in [0.25, 0.3) is 0 Å². The number of likely N-dealkylation sites (tertiary alicyclic amines) is 1. The van der Waals surface area contributed by atoms with Gasteiger partial charge in [-0.1, -0.05) is 0 Å². The van der Waals surface area contributed by atoms with E-state index in [9.17, 15) is 22.7 Å². The largest absolute Gasteiger partial charge is 0.391 e. The summed E-state index contributed by atoms with van der Waals surface area (Å²) in [5.41, 5.74) is 0.689. The fraction of sp³-hybridized carbons (Fsp3) is 0.533. The number of halogens is 1. The van der Waals surface area contributed by atoms with Gasteiger partial charge in [0.25, 0.3) is 5.91 Å². The van der Waals surface area contributed by atoms with E-state index < -0.39 is 27.9 Å². The second kappa shape index (κ2) is 6.54. The molecule has 0 bridgehead atoms. The van der Waals surface area contributed by atoms with E-state index in [2.05, 4.69) is 0 Å². The van der Waals surface area contributed by atoms with Gasteiger partial charge in [-0.05, 0) is 30.7 Å². The number of hydrogen-bond donors (Lipinski definition) is 1. The maximum absolute atomic E-state index is 13.3. The molecule has 1 aliphatic rings. The highest BCUT2D eigenvalue weighted by atomic mass is 32.2. The summed E-state index contributed by atoms with van der Waals surface area (Å²) >= 11 is 0. The fourth-order valence-corrected chi connectivity index (χ4v) is 3.73. The Morgan fingerprint density at radius 2 is 2.04 bits per heavy atom. The third-order valence-corrected chi connectivity index (χ3v) is 6.04. The normalized spacial score (nSPS) is 21.9. The molecule has 1 fully saturated rings. The van der Waals surface area contributed by atoms with Crippen molar-refractivity contribution in [2.45, 2.75) is 13.0 Å². The monoisotopic (exact) mass is 344 g/mol. The lowest BCUT2D eigenvalue weighted by atomic mass is 10.1. The highest BCUT2D eigenvalue weighted by Crippen LogP contribution is 2.22. The van der Waals surface area contributed by atoms with Gasteiger partial charge in [-0.25, -0.2) is 17.1 Å². The number of aliphatic hydroxyl groups is 1. The van der Waals surface area contributed by atoms with E-state index >= 15 is 0 Å². The molecule has 1 saturated heterocycles. The van der Waals surface area contributed by atoms with Crippen LogP contribution in [0.15, 0.2) is 18.2 Å². The summed E-state index contributed by atoms with van der Waals surface area (Å²) < 4.78 is 38.3. The summed E-state index contributed by atoms with van der Waals surface area (Å²) in [6.07, 6.45) is -0.893. The van der Waals surface area contributed by atoms with Crippen LogP contribution in [0.2, 0.25) is 0 Å². The Morgan fingerprint density at radius 3 is 2.61 bits per heavy atom. The van der Waals surface area contributed by atoms with Crippen molar-refractivity contribution in [3.63, 3.8) is 0 Å². The first kappa shape index (κ1) is 17.8. The first-order chi connectivity index (χ1) is 10.6. The molecule has 2 atom stereocenters. The maximum Gasteiger partial charge on any atom is 0.253 e. The molecule has 0 aliphatic carbocycles. The predicted molar refractivity (Wildman–Crippen MR) is 84.0 cm³/mol. The highest BCUT2D eigenvalue weighted by Gasteiger charge is 2.37. The van der Waals surface area contributed by atoms with Crippen molar-refractivity contribution < 1.29 is 22.7 Å². The molecule has 23 heavy (non-hydrogen) atoms. The van der Waals surface area contributed by atoms with E-state index in [1.807, 2.05) is 0 Å². The molecule has 1 aromatic carbocycles. The summed E-state index contributed by atoms with van der Waals surface area (Å²) in [7, 11) is -0.592. The minimum atomic E-state index is -3.45. The molecule has 0 spiro atoms. The molecule has 0 aromatic heterocycles. The molecule has 8 heteroatoms. The standard InChI is InChI=1S/C15H21FN2O4S/c1-10-6-11(4-5-13(10)16)15(20)18-7-12(14(19)8-18)9-23(21,22)17(2)3/h4-6,12,14,19H,7-9H2,1-3H3/t12-,14-/m0/s1. The lowest BCUT2D eigenvalue weighted by molar-refractivity contribution is 0.0764. The summed E-state index contributed by atoms with van der Waals surface area (Å²) in [6.45, 7) is 1.80. The summed E-state index contributed by atoms with van der Waals surface area (Å²) in [6, 6.07) is 4.07. The van der Waals surface area contributed by atoms with Crippen LogP contribution in [0.5, 0.6) is 0 Å². The fourth-order valence-electron chi connectivity index (χ4n) is 2.56. The molecule has 0 unspecified atom stereocenters. The summed E-state index contributed by atoms with van der Waals surface area (Å²) in [5.74, 6) is -1.48. The van der Waals surface area contributed by atoms with Crippen molar-refractivity contribution in [2.24, 2.45) is 5.92 Å². The topological polar surface area (TPSA) is 77.9 Å². The molecule has 1 heterocycles. The van der Waals surface area contributed by atoms with E-state index in [-0.39, 0.29) is 24.7 Å². The highest BCUT2D eigenvalue weighted by molar-refractivity contribution is 7.89. The van der Waals surface area contributed by atoms with Crippen molar-refractivity contribution in [1.82, 2.24) is 9.21 Å². The zero-order chi connectivity index (χ0) is 17.4. The number of nitrogens with zero attached hydrogens (tertiary/aromatic N) is 2. The molecular weight excluding hydrogens is 323 g/mol. The maximum atomic E-state index is 13.3. The lowest BCUT2D eigenvalue weighted by Gasteiger charge is -2.18. The number of aliphatic hydroxyl groups excluding tert-OH is 1. The second-order valence-corrected chi connectivity index (χ2v) is 8.29. The lowest BCUT2D eigenvalue weighted by Crippen LogP contribution is -2.33. The smallest absolute Gasteiger partial charge is 0.253 e. The van der Waals surface area contributed by atoms with Gasteiger partial charge in [0.15, 0.2) is 0 Å². The Bertz CT molecular complexity index is 705. The van der Waals surface area contributed by atoms with E-state index in [0.717, 1.165) is 4.31 Å². The average Bonchev–Trinajstić information content (AvgIpc) is 2.81. The number of aryl methyl sites for hydroxylation is 1. The van der Waals surface area contributed by atoms with Gasteiger partial charge in [0.05, 0.1) is 11.9 Å². The molecule has 1 amide bonds. The van der Waals surface area contributed by atoms with Crippen molar-refractivity contribution in [3.8, 4) is 0 Å². The third-order valence-electron chi connectivity index (χ3n) is 4.08. The Balaban J connectivity index is 2.11. The van der Waals surface area contributed by atoms with Crippen LogP contribution in [-0.2, 0) is 10.0 Å². The Morgan fingerprint density at radius 1 is 1.39 bits per heavy atom. The first-order valence-corrected chi connectivity index (χ1v) is 8.86. The van der Waals surface area contributed by atoms with Gasteiger partial charge in [-0.2, -0.15) is 0 Å². The molecule has 128 valence electrons. The Hall–Kier alpha value is -1.51. The van der Waals surface area contributed by atoms with Crippen LogP contribution >= 0.6 is 0 Å². The zero-order valence-corrected chi connectivity index (χ0v) is 14.2. The van der Waals surface area contributed by atoms with Gasteiger partial charge < -0.3 is 10.0 Å². The first-order valence-electron chi connectivity index (χ1n) is 7.25. The third kappa shape index (κ3) is 3.88. The number of carbonyl (C=O) groups excluding carboxylic acids is 1. The van der Waals surface area contributed by atoms with Crippen LogP contribution in [0, 0.1) is 18.7 Å². The molecule has 0 saturated carbocycles. The van der Waals surface area contributed by atoms with Crippen molar-refractivity contribution in [3.05, 3.63) is 35.1 Å². The molecule has 1 N–H and O–H groups in total. The summed E-state index contributed by atoms with van der Waals surface area (Å²) in [5, 5.41) is 10.1. The molecular formula is C15H21FN2O4S. The van der Waals surface area contributed by atoms with E-state index in [1.54, 1.807) is 6.92 Å². The number of hydrogen-bond acceptors (Lipinski definition) is 4. The molecule has 1 aromatic rings. The van der Waals surface area contributed by atoms with Gasteiger partial charge in [0, 0.05) is 38.7 Å². The number of carbonyl (C=O) groups is 1. The number of amides is 1. The van der Waals surface area contributed by atoms with Gasteiger partial charge in [0.2, 0.25) is 10.0 Å². The van der Waals surface area contributed by atoms with E-state index in [1.165, 1.54) is 37.2 Å². The molecule has 6 nitrogen and oxygen atoms in total. The molecule has 0 radical (unpaired) electrons. The van der Waals surface area contributed by atoms with E-state index in [0.29, 0.717) is 11.1 Å². The van der Waals surface area contributed by atoms with Gasteiger partial charge >= 0.3 is 0 Å². The van der Waals surface area contributed by atoms with Crippen LogP contribution in [-0.4, -0.2) is 67.7 Å². The van der Waals surface area contributed by atoms with Gasteiger partial charge in [-0.3, -0.25) is 4.79 Å². The van der Waals surface area contributed by atoms with Crippen molar-refractivity contribution >= 4 is 15.9 Å². The van der Waals surface area contributed by atoms with Crippen LogP contribution < -0.4 is 0 Å². The van der Waals surface area contributed by atoms with Crippen LogP contribution in [0.1, 0.15) is 15.9 Å².